The monoisotopic (exact) mass is 282 g/mol. The molecule has 2 N–H and O–H groups in total. The van der Waals surface area contributed by atoms with Crippen molar-refractivity contribution in [3.8, 4) is 0 Å². The predicted molar refractivity (Wildman–Crippen MR) is 70.2 cm³/mol. The third kappa shape index (κ3) is 3.67. The van der Waals surface area contributed by atoms with Crippen molar-refractivity contribution >= 4 is 11.9 Å². The molecule has 1 aliphatic rings. The van der Waals surface area contributed by atoms with Gasteiger partial charge in [0.05, 0.1) is 39.6 Å². The maximum absolute atomic E-state index is 11.2. The predicted octanol–water partition coefficient (Wildman–Crippen LogP) is -1.29. The van der Waals surface area contributed by atoms with Crippen LogP contribution in [0, 0.1) is 0 Å². The van der Waals surface area contributed by atoms with Crippen LogP contribution in [0.3, 0.4) is 0 Å². The normalized spacial score (nSPS) is 16.2. The topological polar surface area (TPSA) is 108 Å². The fourth-order valence-electron chi connectivity index (χ4n) is 1.77. The first-order valence-electron chi connectivity index (χ1n) is 6.32. The van der Waals surface area contributed by atoms with Gasteiger partial charge in [-0.3, -0.25) is 4.99 Å². The number of ether oxygens (including phenoxy) is 2. The van der Waals surface area contributed by atoms with E-state index in [2.05, 4.69) is 20.0 Å². The van der Waals surface area contributed by atoms with Crippen molar-refractivity contribution in [3.63, 3.8) is 0 Å². The summed E-state index contributed by atoms with van der Waals surface area (Å²) in [6.45, 7) is 3.81. The van der Waals surface area contributed by atoms with Crippen LogP contribution in [0.25, 0.3) is 0 Å². The summed E-state index contributed by atoms with van der Waals surface area (Å²) in [7, 11) is 1.30. The lowest BCUT2D eigenvalue weighted by atomic mass is 10.4. The van der Waals surface area contributed by atoms with Gasteiger partial charge in [0.25, 0.3) is 0 Å². The van der Waals surface area contributed by atoms with E-state index >= 15 is 0 Å². The summed E-state index contributed by atoms with van der Waals surface area (Å²) in [5, 5.41) is 7.52. The summed E-state index contributed by atoms with van der Waals surface area (Å²) in [5.74, 6) is -0.00538. The highest BCUT2D eigenvalue weighted by molar-refractivity contribution is 5.86. The molecule has 20 heavy (non-hydrogen) atoms. The fraction of sp³-hybridized carbons (Fsp3) is 0.636. The van der Waals surface area contributed by atoms with Gasteiger partial charge in [-0.2, -0.15) is 0 Å². The maximum atomic E-state index is 11.2. The Morgan fingerprint density at radius 3 is 3.00 bits per heavy atom. The molecule has 0 aliphatic carbocycles. The number of nitrogens with two attached hydrogens (primary N) is 1. The number of aromatic nitrogens is 3. The molecule has 1 aromatic rings. The number of carbonyl (C=O) groups is 1. The quantitative estimate of drug-likeness (QED) is 0.416. The van der Waals surface area contributed by atoms with Gasteiger partial charge in [0.2, 0.25) is 0 Å². The van der Waals surface area contributed by atoms with Crippen molar-refractivity contribution in [1.82, 2.24) is 19.9 Å². The van der Waals surface area contributed by atoms with E-state index in [1.54, 1.807) is 0 Å². The Kier molecular flexibility index (Phi) is 4.88. The zero-order valence-corrected chi connectivity index (χ0v) is 11.4. The van der Waals surface area contributed by atoms with E-state index in [-0.39, 0.29) is 5.69 Å². The van der Waals surface area contributed by atoms with Crippen LogP contribution < -0.4 is 5.73 Å². The third-order valence-electron chi connectivity index (χ3n) is 2.87. The minimum absolute atomic E-state index is 0.178. The molecular formula is C11H18N6O3. The molecule has 1 fully saturated rings. The van der Waals surface area contributed by atoms with Gasteiger partial charge < -0.3 is 20.1 Å². The van der Waals surface area contributed by atoms with Crippen molar-refractivity contribution in [3.05, 3.63) is 11.9 Å². The van der Waals surface area contributed by atoms with Crippen LogP contribution >= 0.6 is 0 Å². The molecule has 0 saturated carbocycles. The lowest BCUT2D eigenvalue weighted by Crippen LogP contribution is -2.44. The highest BCUT2D eigenvalue weighted by Gasteiger charge is 2.12. The van der Waals surface area contributed by atoms with E-state index in [0.717, 1.165) is 13.1 Å². The molecule has 1 aliphatic heterocycles. The number of aliphatic imine (C=N–C) groups is 1. The van der Waals surface area contributed by atoms with Crippen LogP contribution in [0.15, 0.2) is 11.2 Å². The Morgan fingerprint density at radius 2 is 2.30 bits per heavy atom. The van der Waals surface area contributed by atoms with E-state index in [1.807, 2.05) is 4.90 Å². The van der Waals surface area contributed by atoms with Crippen LogP contribution in [0.4, 0.5) is 0 Å². The van der Waals surface area contributed by atoms with E-state index in [0.29, 0.717) is 32.3 Å². The number of morpholine rings is 1. The standard InChI is InChI=1S/C11H18N6O3/c1-19-10(18)9-8-17(15-14-9)3-2-13-11(12)16-4-6-20-7-5-16/h8H,2-7H2,1H3,(H2,12,13). The number of guanidine groups is 1. The number of hydrogen-bond donors (Lipinski definition) is 1. The van der Waals surface area contributed by atoms with Gasteiger partial charge in [-0.25, -0.2) is 9.48 Å². The summed E-state index contributed by atoms with van der Waals surface area (Å²) in [6.07, 6.45) is 1.52. The Hall–Kier alpha value is -2.16. The van der Waals surface area contributed by atoms with Gasteiger partial charge in [0.1, 0.15) is 0 Å². The average molecular weight is 282 g/mol. The Bertz CT molecular complexity index is 480. The molecule has 9 nitrogen and oxygen atoms in total. The summed E-state index contributed by atoms with van der Waals surface area (Å²) in [4.78, 5) is 17.5. The zero-order chi connectivity index (χ0) is 14.4. The fourth-order valence-corrected chi connectivity index (χ4v) is 1.77. The Balaban J connectivity index is 1.82. The minimum Gasteiger partial charge on any atom is -0.464 e. The molecule has 0 unspecified atom stereocenters. The molecule has 110 valence electrons. The van der Waals surface area contributed by atoms with E-state index < -0.39 is 5.97 Å². The molecule has 2 rings (SSSR count). The molecule has 0 spiro atoms. The number of hydrogen-bond acceptors (Lipinski definition) is 6. The molecule has 0 atom stereocenters. The highest BCUT2D eigenvalue weighted by atomic mass is 16.5. The van der Waals surface area contributed by atoms with Crippen LogP contribution in [-0.2, 0) is 16.0 Å². The number of esters is 1. The molecule has 1 aromatic heterocycles. The van der Waals surface area contributed by atoms with Gasteiger partial charge in [-0.05, 0) is 0 Å². The van der Waals surface area contributed by atoms with Crippen molar-refractivity contribution in [2.75, 3.05) is 40.0 Å². The first-order valence-corrected chi connectivity index (χ1v) is 6.32. The lowest BCUT2D eigenvalue weighted by Gasteiger charge is -2.27. The molecule has 0 amide bonds. The van der Waals surface area contributed by atoms with Gasteiger partial charge in [0, 0.05) is 13.1 Å². The summed E-state index contributed by atoms with van der Waals surface area (Å²) in [6, 6.07) is 0. The van der Waals surface area contributed by atoms with E-state index in [1.165, 1.54) is 18.0 Å². The van der Waals surface area contributed by atoms with Crippen LogP contribution in [0.5, 0.6) is 0 Å². The number of rotatable bonds is 4. The van der Waals surface area contributed by atoms with Crippen LogP contribution in [0.1, 0.15) is 10.5 Å². The molecule has 2 heterocycles. The maximum Gasteiger partial charge on any atom is 0.360 e. The van der Waals surface area contributed by atoms with Gasteiger partial charge in [-0.15, -0.1) is 5.10 Å². The number of methoxy groups -OCH3 is 1. The molecule has 0 bridgehead atoms. The van der Waals surface area contributed by atoms with Gasteiger partial charge >= 0.3 is 5.97 Å². The Morgan fingerprint density at radius 1 is 1.55 bits per heavy atom. The molecule has 9 heteroatoms. The minimum atomic E-state index is -0.507. The summed E-state index contributed by atoms with van der Waals surface area (Å²) in [5.41, 5.74) is 6.07. The van der Waals surface area contributed by atoms with Crippen molar-refractivity contribution in [1.29, 1.82) is 0 Å². The summed E-state index contributed by atoms with van der Waals surface area (Å²) >= 11 is 0. The second-order valence-corrected chi connectivity index (χ2v) is 4.20. The van der Waals surface area contributed by atoms with Crippen molar-refractivity contribution < 1.29 is 14.3 Å². The highest BCUT2D eigenvalue weighted by Crippen LogP contribution is 1.97. The first kappa shape index (κ1) is 14.3. The van der Waals surface area contributed by atoms with Gasteiger partial charge in [-0.1, -0.05) is 5.21 Å². The van der Waals surface area contributed by atoms with Crippen molar-refractivity contribution in [2.45, 2.75) is 6.54 Å². The smallest absolute Gasteiger partial charge is 0.360 e. The molecule has 1 saturated heterocycles. The van der Waals surface area contributed by atoms with E-state index in [4.69, 9.17) is 10.5 Å². The second kappa shape index (κ2) is 6.85. The molecule has 0 aromatic carbocycles. The molecule has 0 radical (unpaired) electrons. The van der Waals surface area contributed by atoms with Crippen LogP contribution in [-0.4, -0.2) is 71.8 Å². The second-order valence-electron chi connectivity index (χ2n) is 4.20. The van der Waals surface area contributed by atoms with Crippen molar-refractivity contribution in [2.24, 2.45) is 10.7 Å². The van der Waals surface area contributed by atoms with Gasteiger partial charge in [0.15, 0.2) is 11.7 Å². The number of carbonyl (C=O) groups excluding carboxylic acids is 1. The summed E-state index contributed by atoms with van der Waals surface area (Å²) < 4.78 is 11.3. The Labute approximate surface area is 116 Å². The largest absolute Gasteiger partial charge is 0.464 e. The van der Waals surface area contributed by atoms with Crippen LogP contribution in [0.2, 0.25) is 0 Å². The number of nitrogens with zero attached hydrogens (tertiary/aromatic N) is 5. The third-order valence-corrected chi connectivity index (χ3v) is 2.87. The first-order chi connectivity index (χ1) is 9.70. The lowest BCUT2D eigenvalue weighted by molar-refractivity contribution is 0.0594. The molecular weight excluding hydrogens is 264 g/mol. The van der Waals surface area contributed by atoms with E-state index in [9.17, 15) is 4.79 Å². The average Bonchev–Trinajstić information content (AvgIpc) is 2.96. The SMILES string of the molecule is COC(=O)c1cn(CCN=C(N)N2CCOCC2)nn1. The zero-order valence-electron chi connectivity index (χ0n) is 11.4.